The summed E-state index contributed by atoms with van der Waals surface area (Å²) in [4.78, 5) is 0. The fourth-order valence-electron chi connectivity index (χ4n) is 2.37. The molecule has 0 amide bonds. The zero-order valence-corrected chi connectivity index (χ0v) is 12.5. The Hall–Kier alpha value is -0.280. The van der Waals surface area contributed by atoms with Crippen molar-refractivity contribution in [3.05, 3.63) is 0 Å². The SMILES string of the molecule is CCCCCC[C@H](CO)O[C@H]1O[C@H](CO)[C@@H](O)[C@H](O)[C@H]1O. The van der Waals surface area contributed by atoms with Crippen LogP contribution in [0.1, 0.15) is 39.0 Å². The Bertz CT molecular complexity index is 274. The Labute approximate surface area is 125 Å². The summed E-state index contributed by atoms with van der Waals surface area (Å²) >= 11 is 0. The molecule has 21 heavy (non-hydrogen) atoms. The molecule has 0 radical (unpaired) electrons. The maximum atomic E-state index is 9.85. The van der Waals surface area contributed by atoms with Gasteiger partial charge in [-0.1, -0.05) is 32.6 Å². The topological polar surface area (TPSA) is 120 Å². The molecule has 0 unspecified atom stereocenters. The summed E-state index contributed by atoms with van der Waals surface area (Å²) < 4.78 is 10.7. The van der Waals surface area contributed by atoms with Crippen LogP contribution in [0.4, 0.5) is 0 Å². The lowest BCUT2D eigenvalue weighted by molar-refractivity contribution is -0.313. The monoisotopic (exact) mass is 308 g/mol. The molecule has 7 nitrogen and oxygen atoms in total. The van der Waals surface area contributed by atoms with Crippen molar-refractivity contribution >= 4 is 0 Å². The van der Waals surface area contributed by atoms with Gasteiger partial charge >= 0.3 is 0 Å². The van der Waals surface area contributed by atoms with E-state index in [-0.39, 0.29) is 6.61 Å². The van der Waals surface area contributed by atoms with E-state index >= 15 is 0 Å². The fourth-order valence-corrected chi connectivity index (χ4v) is 2.37. The molecule has 0 aromatic heterocycles. The number of aliphatic hydroxyl groups is 5. The van der Waals surface area contributed by atoms with Gasteiger partial charge in [-0.25, -0.2) is 0 Å². The van der Waals surface area contributed by atoms with Crippen molar-refractivity contribution in [1.82, 2.24) is 0 Å². The number of aliphatic hydroxyl groups excluding tert-OH is 5. The quantitative estimate of drug-likeness (QED) is 0.351. The molecule has 0 aromatic carbocycles. The molecule has 0 spiro atoms. The summed E-state index contributed by atoms with van der Waals surface area (Å²) in [6.07, 6.45) is -2.21. The molecule has 0 aromatic rings. The fraction of sp³-hybridized carbons (Fsp3) is 1.00. The van der Waals surface area contributed by atoms with Crippen LogP contribution in [0.5, 0.6) is 0 Å². The van der Waals surface area contributed by atoms with E-state index in [9.17, 15) is 20.4 Å². The molecular formula is C14H28O7. The normalized spacial score (nSPS) is 34.9. The number of hydrogen-bond acceptors (Lipinski definition) is 7. The van der Waals surface area contributed by atoms with Gasteiger partial charge in [-0.3, -0.25) is 0 Å². The van der Waals surface area contributed by atoms with E-state index in [1.807, 2.05) is 0 Å². The van der Waals surface area contributed by atoms with E-state index in [0.29, 0.717) is 6.42 Å². The zero-order chi connectivity index (χ0) is 15.8. The molecule has 1 aliphatic heterocycles. The first-order valence-corrected chi connectivity index (χ1v) is 7.62. The molecule has 6 atom stereocenters. The van der Waals surface area contributed by atoms with Gasteiger partial charge in [-0.2, -0.15) is 0 Å². The third-order valence-corrected chi connectivity index (χ3v) is 3.76. The molecule has 1 heterocycles. The van der Waals surface area contributed by atoms with Crippen LogP contribution in [0.25, 0.3) is 0 Å². The van der Waals surface area contributed by atoms with Gasteiger partial charge in [0.25, 0.3) is 0 Å². The lowest BCUT2D eigenvalue weighted by Crippen LogP contribution is -2.59. The highest BCUT2D eigenvalue weighted by molar-refractivity contribution is 4.89. The first-order valence-electron chi connectivity index (χ1n) is 7.62. The minimum Gasteiger partial charge on any atom is -0.394 e. The third-order valence-electron chi connectivity index (χ3n) is 3.76. The molecule has 7 heteroatoms. The van der Waals surface area contributed by atoms with Crippen LogP contribution in [0.3, 0.4) is 0 Å². The van der Waals surface area contributed by atoms with Crippen LogP contribution in [-0.4, -0.2) is 75.6 Å². The molecule has 0 bridgehead atoms. The first kappa shape index (κ1) is 18.8. The van der Waals surface area contributed by atoms with E-state index in [1.165, 1.54) is 0 Å². The van der Waals surface area contributed by atoms with Crippen molar-refractivity contribution in [2.45, 2.75) is 75.8 Å². The molecule has 126 valence electrons. The second kappa shape index (κ2) is 9.68. The van der Waals surface area contributed by atoms with Crippen LogP contribution >= 0.6 is 0 Å². The average Bonchev–Trinajstić information content (AvgIpc) is 2.50. The second-order valence-corrected chi connectivity index (χ2v) is 5.49. The Morgan fingerprint density at radius 3 is 2.29 bits per heavy atom. The number of unbranched alkanes of at least 4 members (excludes halogenated alkanes) is 3. The average molecular weight is 308 g/mol. The van der Waals surface area contributed by atoms with Gasteiger partial charge in [0.05, 0.1) is 19.3 Å². The predicted molar refractivity (Wildman–Crippen MR) is 74.5 cm³/mol. The van der Waals surface area contributed by atoms with Crippen molar-refractivity contribution in [1.29, 1.82) is 0 Å². The minimum absolute atomic E-state index is 0.221. The molecule has 5 N–H and O–H groups in total. The highest BCUT2D eigenvalue weighted by Gasteiger charge is 2.44. The van der Waals surface area contributed by atoms with Gasteiger partial charge < -0.3 is 35.0 Å². The van der Waals surface area contributed by atoms with E-state index in [0.717, 1.165) is 25.7 Å². The largest absolute Gasteiger partial charge is 0.394 e. The minimum atomic E-state index is -1.46. The van der Waals surface area contributed by atoms with Crippen LogP contribution in [0.15, 0.2) is 0 Å². The molecule has 1 saturated heterocycles. The smallest absolute Gasteiger partial charge is 0.187 e. The van der Waals surface area contributed by atoms with E-state index in [2.05, 4.69) is 6.92 Å². The second-order valence-electron chi connectivity index (χ2n) is 5.49. The maximum absolute atomic E-state index is 9.85. The summed E-state index contributed by atoms with van der Waals surface area (Å²) in [5, 5.41) is 47.6. The van der Waals surface area contributed by atoms with Gasteiger partial charge in [-0.15, -0.1) is 0 Å². The molecule has 0 aliphatic carbocycles. The van der Waals surface area contributed by atoms with Crippen LogP contribution < -0.4 is 0 Å². The van der Waals surface area contributed by atoms with E-state index < -0.39 is 43.4 Å². The lowest BCUT2D eigenvalue weighted by atomic mass is 9.99. The molecule has 0 saturated carbocycles. The van der Waals surface area contributed by atoms with Crippen LogP contribution in [0.2, 0.25) is 0 Å². The third kappa shape index (κ3) is 5.45. The summed E-state index contributed by atoms with van der Waals surface area (Å²) in [6, 6.07) is 0. The van der Waals surface area contributed by atoms with Gasteiger partial charge in [-0.05, 0) is 6.42 Å². The molecular weight excluding hydrogens is 280 g/mol. The Balaban J connectivity index is 2.49. The maximum Gasteiger partial charge on any atom is 0.187 e. The number of hydrogen-bond donors (Lipinski definition) is 5. The van der Waals surface area contributed by atoms with E-state index in [1.54, 1.807) is 0 Å². The highest BCUT2D eigenvalue weighted by atomic mass is 16.7. The van der Waals surface area contributed by atoms with Crippen LogP contribution in [-0.2, 0) is 9.47 Å². The van der Waals surface area contributed by atoms with E-state index in [4.69, 9.17) is 14.6 Å². The van der Waals surface area contributed by atoms with Gasteiger partial charge in [0.1, 0.15) is 24.4 Å². The molecule has 1 rings (SSSR count). The highest BCUT2D eigenvalue weighted by Crippen LogP contribution is 2.23. The molecule has 1 aliphatic rings. The summed E-state index contributed by atoms with van der Waals surface area (Å²) in [7, 11) is 0. The van der Waals surface area contributed by atoms with Crippen molar-refractivity contribution in [3.63, 3.8) is 0 Å². The summed E-state index contributed by atoms with van der Waals surface area (Å²) in [5.41, 5.74) is 0. The Kier molecular flexibility index (Phi) is 8.65. The Morgan fingerprint density at radius 2 is 1.71 bits per heavy atom. The van der Waals surface area contributed by atoms with Crippen LogP contribution in [0, 0.1) is 0 Å². The van der Waals surface area contributed by atoms with Gasteiger partial charge in [0.2, 0.25) is 0 Å². The van der Waals surface area contributed by atoms with Crippen molar-refractivity contribution in [2.75, 3.05) is 13.2 Å². The predicted octanol–water partition coefficient (Wildman–Crippen LogP) is -0.866. The first-order chi connectivity index (χ1) is 10.0. The standard InChI is InChI=1S/C14H28O7/c1-2-3-4-5-6-9(7-15)20-14-13(19)12(18)11(17)10(8-16)21-14/h9-19H,2-8H2,1H3/t9-,10-,11-,12+,13-,14+/m1/s1. The summed E-state index contributed by atoms with van der Waals surface area (Å²) in [5.74, 6) is 0. The van der Waals surface area contributed by atoms with Gasteiger partial charge in [0, 0.05) is 0 Å². The number of ether oxygens (including phenoxy) is 2. The van der Waals surface area contributed by atoms with Gasteiger partial charge in [0.15, 0.2) is 6.29 Å². The number of rotatable bonds is 9. The van der Waals surface area contributed by atoms with Crippen molar-refractivity contribution in [3.8, 4) is 0 Å². The lowest BCUT2D eigenvalue weighted by Gasteiger charge is -2.40. The van der Waals surface area contributed by atoms with Crippen molar-refractivity contribution in [2.24, 2.45) is 0 Å². The zero-order valence-electron chi connectivity index (χ0n) is 12.5. The Morgan fingerprint density at radius 1 is 1.00 bits per heavy atom. The summed E-state index contributed by atoms with van der Waals surface area (Å²) in [6.45, 7) is 1.39. The molecule has 1 fully saturated rings. The van der Waals surface area contributed by atoms with Crippen molar-refractivity contribution < 1.29 is 35.0 Å².